The van der Waals surface area contributed by atoms with E-state index in [0.717, 1.165) is 28.3 Å². The van der Waals surface area contributed by atoms with E-state index in [-0.39, 0.29) is 0 Å². The molecule has 1 aromatic carbocycles. The second-order valence-electron chi connectivity index (χ2n) is 6.80. The number of nitrogens with zero attached hydrogens (tertiary/aromatic N) is 2. The van der Waals surface area contributed by atoms with Crippen LogP contribution in [0, 0.1) is 13.8 Å². The molecule has 1 unspecified atom stereocenters. The predicted molar refractivity (Wildman–Crippen MR) is 108 cm³/mol. The molecule has 0 aliphatic carbocycles. The van der Waals surface area contributed by atoms with Gasteiger partial charge in [0.25, 0.3) is 5.91 Å². The van der Waals surface area contributed by atoms with Crippen molar-refractivity contribution in [1.82, 2.24) is 14.7 Å². The number of rotatable bonds is 6. The molecule has 0 bridgehead atoms. The number of benzene rings is 1. The molecule has 0 fully saturated rings. The Labute approximate surface area is 163 Å². The van der Waals surface area contributed by atoms with E-state index < -0.39 is 17.9 Å². The van der Waals surface area contributed by atoms with Gasteiger partial charge in [-0.2, -0.15) is 0 Å². The van der Waals surface area contributed by atoms with Crippen molar-refractivity contribution in [1.29, 1.82) is 0 Å². The Morgan fingerprint density at radius 2 is 1.86 bits per heavy atom. The first kappa shape index (κ1) is 19.4. The molecule has 7 heteroatoms. The third-order valence-electron chi connectivity index (χ3n) is 4.74. The van der Waals surface area contributed by atoms with Crippen LogP contribution in [-0.4, -0.2) is 32.4 Å². The number of carbonyl (C=O) groups is 2. The molecule has 0 radical (unpaired) electrons. The number of pyridine rings is 1. The Kier molecular flexibility index (Phi) is 5.35. The molecule has 0 saturated heterocycles. The van der Waals surface area contributed by atoms with Crippen molar-refractivity contribution in [2.75, 3.05) is 5.32 Å². The molecule has 2 aromatic heterocycles. The molecule has 1 atom stereocenters. The van der Waals surface area contributed by atoms with E-state index in [4.69, 9.17) is 5.11 Å². The minimum atomic E-state index is -1.09. The number of hydrogen-bond acceptors (Lipinski definition) is 4. The van der Waals surface area contributed by atoms with Crippen LogP contribution in [-0.2, 0) is 11.2 Å². The van der Waals surface area contributed by atoms with Crippen molar-refractivity contribution in [3.8, 4) is 0 Å². The number of carbonyl (C=O) groups excluding carboxylic acids is 1. The molecule has 28 heavy (non-hydrogen) atoms. The first-order chi connectivity index (χ1) is 13.3. The van der Waals surface area contributed by atoms with E-state index in [1.165, 1.54) is 6.92 Å². The summed E-state index contributed by atoms with van der Waals surface area (Å²) < 4.78 is 1.84. The van der Waals surface area contributed by atoms with Gasteiger partial charge in [0.1, 0.15) is 11.9 Å². The number of nitrogens with one attached hydrogen (secondary N) is 2. The van der Waals surface area contributed by atoms with Gasteiger partial charge in [0, 0.05) is 11.9 Å². The molecular weight excluding hydrogens is 356 g/mol. The second-order valence-corrected chi connectivity index (χ2v) is 6.80. The molecule has 3 aromatic rings. The molecule has 146 valence electrons. The Balaban J connectivity index is 2.08. The van der Waals surface area contributed by atoms with Gasteiger partial charge in [0.05, 0.1) is 11.3 Å². The van der Waals surface area contributed by atoms with Crippen LogP contribution < -0.4 is 10.6 Å². The lowest BCUT2D eigenvalue weighted by Crippen LogP contribution is -2.38. The van der Waals surface area contributed by atoms with Gasteiger partial charge in [-0.1, -0.05) is 25.1 Å². The largest absolute Gasteiger partial charge is 0.480 e. The Morgan fingerprint density at radius 3 is 2.46 bits per heavy atom. The van der Waals surface area contributed by atoms with Crippen LogP contribution in [0.3, 0.4) is 0 Å². The maximum atomic E-state index is 12.6. The van der Waals surface area contributed by atoms with Crippen molar-refractivity contribution >= 4 is 29.0 Å². The quantitative estimate of drug-likeness (QED) is 0.609. The third kappa shape index (κ3) is 3.55. The summed E-state index contributed by atoms with van der Waals surface area (Å²) in [6.07, 6.45) is 2.52. The van der Waals surface area contributed by atoms with Crippen LogP contribution in [0.4, 0.5) is 11.5 Å². The topological polar surface area (TPSA) is 95.7 Å². The van der Waals surface area contributed by atoms with Gasteiger partial charge >= 0.3 is 5.97 Å². The van der Waals surface area contributed by atoms with Crippen molar-refractivity contribution in [3.05, 3.63) is 58.9 Å². The fourth-order valence-corrected chi connectivity index (χ4v) is 3.14. The van der Waals surface area contributed by atoms with E-state index in [2.05, 4.69) is 15.6 Å². The summed E-state index contributed by atoms with van der Waals surface area (Å²) in [5, 5.41) is 15.0. The van der Waals surface area contributed by atoms with E-state index >= 15 is 0 Å². The Hall–Kier alpha value is -3.35. The number of hydrogen-bond donors (Lipinski definition) is 3. The van der Waals surface area contributed by atoms with Crippen LogP contribution in [0.15, 0.2) is 36.5 Å². The highest BCUT2D eigenvalue weighted by Crippen LogP contribution is 2.28. The molecule has 0 saturated carbocycles. The number of anilines is 2. The lowest BCUT2D eigenvalue weighted by molar-refractivity contribution is -0.138. The van der Waals surface area contributed by atoms with E-state index in [1.54, 1.807) is 12.1 Å². The lowest BCUT2D eigenvalue weighted by Gasteiger charge is -2.14. The van der Waals surface area contributed by atoms with Crippen molar-refractivity contribution < 1.29 is 14.7 Å². The minimum Gasteiger partial charge on any atom is -0.480 e. The molecule has 3 rings (SSSR count). The van der Waals surface area contributed by atoms with Crippen molar-refractivity contribution in [2.24, 2.45) is 0 Å². The lowest BCUT2D eigenvalue weighted by atomic mass is 10.1. The normalized spacial score (nSPS) is 12.0. The van der Waals surface area contributed by atoms with Crippen LogP contribution in [0.1, 0.15) is 41.0 Å². The molecule has 7 nitrogen and oxygen atoms in total. The molecule has 2 heterocycles. The average Bonchev–Trinajstić information content (AvgIpc) is 3.02. The number of fused-ring (bicyclic) bond motifs is 1. The number of imidazole rings is 1. The first-order valence-electron chi connectivity index (χ1n) is 9.20. The summed E-state index contributed by atoms with van der Waals surface area (Å²) in [6.45, 7) is 7.51. The highest BCUT2D eigenvalue weighted by atomic mass is 16.4. The number of aryl methyl sites for hydroxylation is 3. The summed E-state index contributed by atoms with van der Waals surface area (Å²) in [4.78, 5) is 28.3. The number of carboxylic acids is 1. The van der Waals surface area contributed by atoms with Gasteiger partial charge in [-0.15, -0.1) is 0 Å². The first-order valence-corrected chi connectivity index (χ1v) is 9.20. The number of para-hydroxylation sites is 1. The maximum Gasteiger partial charge on any atom is 0.325 e. The van der Waals surface area contributed by atoms with Crippen LogP contribution in [0.5, 0.6) is 0 Å². The molecule has 0 aliphatic heterocycles. The zero-order valence-electron chi connectivity index (χ0n) is 16.4. The van der Waals surface area contributed by atoms with Crippen LogP contribution in [0.2, 0.25) is 0 Å². The monoisotopic (exact) mass is 380 g/mol. The number of amides is 1. The van der Waals surface area contributed by atoms with Gasteiger partial charge in [0.15, 0.2) is 5.65 Å². The van der Waals surface area contributed by atoms with E-state index in [9.17, 15) is 9.59 Å². The number of aromatic nitrogens is 2. The zero-order valence-corrected chi connectivity index (χ0v) is 16.4. The standard InChI is InChI=1S/C21H24N4O3/c1-5-16-19(24-17-12(2)8-6-9-13(17)3)25-11-7-10-15(18(25)23-16)20(26)22-14(4)21(27)28/h6-11,14,24H,5H2,1-4H3,(H,22,26)(H,27,28). The molecule has 3 N–H and O–H groups in total. The smallest absolute Gasteiger partial charge is 0.325 e. The Bertz CT molecular complexity index is 1030. The third-order valence-corrected chi connectivity index (χ3v) is 4.74. The van der Waals surface area contributed by atoms with Gasteiger partial charge in [-0.05, 0) is 50.5 Å². The maximum absolute atomic E-state index is 12.6. The van der Waals surface area contributed by atoms with E-state index in [0.29, 0.717) is 17.6 Å². The summed E-state index contributed by atoms with van der Waals surface area (Å²) in [5.41, 5.74) is 4.88. The van der Waals surface area contributed by atoms with E-state index in [1.807, 2.05) is 49.6 Å². The Morgan fingerprint density at radius 1 is 1.18 bits per heavy atom. The molecular formula is C21H24N4O3. The summed E-state index contributed by atoms with van der Waals surface area (Å²) >= 11 is 0. The fourth-order valence-electron chi connectivity index (χ4n) is 3.14. The highest BCUT2D eigenvalue weighted by Gasteiger charge is 2.21. The van der Waals surface area contributed by atoms with Gasteiger partial charge in [0.2, 0.25) is 0 Å². The number of aliphatic carboxylic acids is 1. The van der Waals surface area contributed by atoms with Crippen LogP contribution >= 0.6 is 0 Å². The average molecular weight is 380 g/mol. The summed E-state index contributed by atoms with van der Waals surface area (Å²) in [5.74, 6) is -0.752. The summed E-state index contributed by atoms with van der Waals surface area (Å²) in [6, 6.07) is 8.50. The van der Waals surface area contributed by atoms with Gasteiger partial charge < -0.3 is 15.7 Å². The zero-order chi connectivity index (χ0) is 20.4. The van der Waals surface area contributed by atoms with Crippen molar-refractivity contribution in [2.45, 2.75) is 40.2 Å². The second kappa shape index (κ2) is 7.72. The van der Waals surface area contributed by atoms with Crippen LogP contribution in [0.25, 0.3) is 5.65 Å². The molecule has 0 aliphatic rings. The minimum absolute atomic E-state index is 0.333. The predicted octanol–water partition coefficient (Wildman–Crippen LogP) is 3.46. The SMILES string of the molecule is CCc1nc2c(C(=O)NC(C)C(=O)O)cccn2c1Nc1c(C)cccc1C. The molecule has 1 amide bonds. The summed E-state index contributed by atoms with van der Waals surface area (Å²) in [7, 11) is 0. The number of carboxylic acid groups (broad SMARTS) is 1. The van der Waals surface area contributed by atoms with Crippen molar-refractivity contribution in [3.63, 3.8) is 0 Å². The van der Waals surface area contributed by atoms with Gasteiger partial charge in [-0.3, -0.25) is 14.0 Å². The highest BCUT2D eigenvalue weighted by molar-refractivity contribution is 6.01. The fraction of sp³-hybridized carbons (Fsp3) is 0.286. The molecule has 0 spiro atoms. The van der Waals surface area contributed by atoms with Gasteiger partial charge in [-0.25, -0.2) is 4.98 Å².